The van der Waals surface area contributed by atoms with Crippen molar-refractivity contribution >= 4 is 11.6 Å². The molecule has 0 nitrogen and oxygen atoms in total. The highest BCUT2D eigenvalue weighted by Crippen LogP contribution is 2.48. The van der Waals surface area contributed by atoms with Crippen molar-refractivity contribution in [2.45, 2.75) is 77.0 Å². The van der Waals surface area contributed by atoms with Crippen LogP contribution in [-0.4, -0.2) is 0 Å². The van der Waals surface area contributed by atoms with Crippen LogP contribution >= 0.6 is 11.6 Å². The van der Waals surface area contributed by atoms with Gasteiger partial charge in [-0.05, 0) is 85.1 Å². The summed E-state index contributed by atoms with van der Waals surface area (Å²) in [6, 6.07) is 13.4. The molecule has 2 aliphatic rings. The van der Waals surface area contributed by atoms with Gasteiger partial charge in [-0.2, -0.15) is 0 Å². The molecule has 2 aromatic rings. The highest BCUT2D eigenvalue weighted by Gasteiger charge is 2.35. The zero-order valence-corrected chi connectivity index (χ0v) is 18.4. The number of benzene rings is 2. The van der Waals surface area contributed by atoms with E-state index >= 15 is 0 Å². The molecule has 0 aliphatic heterocycles. The van der Waals surface area contributed by atoms with Gasteiger partial charge in [-0.15, -0.1) is 0 Å². The van der Waals surface area contributed by atoms with Crippen LogP contribution in [-0.2, 0) is 0 Å². The Balaban J connectivity index is 1.38. The van der Waals surface area contributed by atoms with Crippen LogP contribution < -0.4 is 0 Å². The molecule has 2 aliphatic carbocycles. The lowest BCUT2D eigenvalue weighted by Crippen LogP contribution is -2.30. The Kier molecular flexibility index (Phi) is 6.96. The summed E-state index contributed by atoms with van der Waals surface area (Å²) in [7, 11) is 0. The molecule has 2 heteroatoms. The van der Waals surface area contributed by atoms with E-state index in [-0.39, 0.29) is 5.82 Å². The van der Waals surface area contributed by atoms with E-state index in [0.717, 1.165) is 23.3 Å². The highest BCUT2D eigenvalue weighted by molar-refractivity contribution is 6.30. The number of hydrogen-bond acceptors (Lipinski definition) is 0. The van der Waals surface area contributed by atoms with Crippen molar-refractivity contribution in [1.29, 1.82) is 0 Å². The molecule has 2 saturated carbocycles. The fourth-order valence-electron chi connectivity index (χ4n) is 5.88. The number of rotatable bonds is 6. The van der Waals surface area contributed by atoms with E-state index in [4.69, 9.17) is 11.6 Å². The topological polar surface area (TPSA) is 0 Å². The average Bonchev–Trinajstić information content (AvgIpc) is 2.74. The lowest BCUT2D eigenvalue weighted by atomic mass is 9.63. The molecule has 0 amide bonds. The molecule has 0 radical (unpaired) electrons. The SMILES string of the molecule is CCCCCC1CCC2CC(c3ccc(-c4ccc(Cl)cc4)c(F)c3)CCC2C1. The Hall–Kier alpha value is -1.34. The monoisotopic (exact) mass is 412 g/mol. The lowest BCUT2D eigenvalue weighted by molar-refractivity contribution is 0.113. The van der Waals surface area contributed by atoms with Gasteiger partial charge < -0.3 is 0 Å². The summed E-state index contributed by atoms with van der Waals surface area (Å²) >= 11 is 5.97. The van der Waals surface area contributed by atoms with Crippen LogP contribution in [0, 0.1) is 23.6 Å². The number of halogens is 2. The van der Waals surface area contributed by atoms with Gasteiger partial charge in [-0.1, -0.05) is 74.9 Å². The maximum Gasteiger partial charge on any atom is 0.131 e. The van der Waals surface area contributed by atoms with Crippen molar-refractivity contribution in [3.8, 4) is 11.1 Å². The first kappa shape index (κ1) is 20.9. The van der Waals surface area contributed by atoms with E-state index in [1.165, 1.54) is 69.8 Å². The molecule has 0 N–H and O–H groups in total. The van der Waals surface area contributed by atoms with Gasteiger partial charge in [-0.25, -0.2) is 4.39 Å². The summed E-state index contributed by atoms with van der Waals surface area (Å²) in [6.07, 6.45) is 13.7. The number of unbranched alkanes of at least 4 members (excludes halogenated alkanes) is 2. The molecule has 29 heavy (non-hydrogen) atoms. The van der Waals surface area contributed by atoms with Gasteiger partial charge in [-0.3, -0.25) is 0 Å². The second-order valence-electron chi connectivity index (χ2n) is 9.45. The Bertz CT molecular complexity index is 797. The quantitative estimate of drug-likeness (QED) is 0.415. The minimum Gasteiger partial charge on any atom is -0.206 e. The molecule has 0 spiro atoms. The van der Waals surface area contributed by atoms with Gasteiger partial charge in [0.2, 0.25) is 0 Å². The predicted octanol–water partition coefficient (Wildman–Crippen LogP) is 9.03. The van der Waals surface area contributed by atoms with Crippen LogP contribution in [0.3, 0.4) is 0 Å². The second-order valence-corrected chi connectivity index (χ2v) is 9.89. The van der Waals surface area contributed by atoms with Crippen LogP contribution in [0.25, 0.3) is 11.1 Å². The van der Waals surface area contributed by atoms with Gasteiger partial charge in [0, 0.05) is 10.6 Å². The Morgan fingerprint density at radius 3 is 2.41 bits per heavy atom. The lowest BCUT2D eigenvalue weighted by Gasteiger charge is -2.42. The van der Waals surface area contributed by atoms with E-state index in [1.807, 2.05) is 30.3 Å². The molecule has 0 aromatic heterocycles. The zero-order chi connectivity index (χ0) is 20.2. The first-order valence-electron chi connectivity index (χ1n) is 11.7. The smallest absolute Gasteiger partial charge is 0.131 e. The molecule has 0 bridgehead atoms. The normalized spacial score (nSPS) is 26.9. The minimum atomic E-state index is -0.105. The molecule has 4 rings (SSSR count). The molecular formula is C27H34ClF. The number of hydrogen-bond donors (Lipinski definition) is 0. The molecule has 4 unspecified atom stereocenters. The summed E-state index contributed by atoms with van der Waals surface area (Å²) in [4.78, 5) is 0. The fourth-order valence-corrected chi connectivity index (χ4v) is 6.01. The fraction of sp³-hybridized carbons (Fsp3) is 0.556. The van der Waals surface area contributed by atoms with E-state index in [0.29, 0.717) is 16.5 Å². The molecule has 156 valence electrons. The summed E-state index contributed by atoms with van der Waals surface area (Å²) in [6.45, 7) is 2.29. The van der Waals surface area contributed by atoms with Crippen molar-refractivity contribution in [2.24, 2.45) is 17.8 Å². The summed E-state index contributed by atoms with van der Waals surface area (Å²) in [5, 5.41) is 0.683. The maximum atomic E-state index is 14.9. The van der Waals surface area contributed by atoms with Crippen LogP contribution in [0.4, 0.5) is 4.39 Å². The standard InChI is InChI=1S/C27H34ClF/c1-2-3-4-5-19-6-7-22-17-23(9-8-21(22)16-19)24-12-15-26(27(29)18-24)20-10-13-25(28)14-11-20/h10-15,18-19,21-23H,2-9,16-17H2,1H3. The van der Waals surface area contributed by atoms with Crippen molar-refractivity contribution in [3.63, 3.8) is 0 Å². The van der Waals surface area contributed by atoms with E-state index in [9.17, 15) is 4.39 Å². The first-order chi connectivity index (χ1) is 14.1. The van der Waals surface area contributed by atoms with Gasteiger partial charge in [0.25, 0.3) is 0 Å². The molecule has 0 saturated heterocycles. The molecule has 4 atom stereocenters. The first-order valence-corrected chi connectivity index (χ1v) is 12.1. The molecular weight excluding hydrogens is 379 g/mol. The summed E-state index contributed by atoms with van der Waals surface area (Å²) in [5.74, 6) is 3.17. The summed E-state index contributed by atoms with van der Waals surface area (Å²) in [5.41, 5.74) is 2.76. The van der Waals surface area contributed by atoms with Crippen molar-refractivity contribution in [2.75, 3.05) is 0 Å². The van der Waals surface area contributed by atoms with Crippen LogP contribution in [0.2, 0.25) is 5.02 Å². The molecule has 0 heterocycles. The zero-order valence-electron chi connectivity index (χ0n) is 17.7. The van der Waals surface area contributed by atoms with Crippen molar-refractivity contribution in [1.82, 2.24) is 0 Å². The van der Waals surface area contributed by atoms with E-state index in [2.05, 4.69) is 13.0 Å². The number of fused-ring (bicyclic) bond motifs is 1. The third-order valence-electron chi connectivity index (χ3n) is 7.56. The van der Waals surface area contributed by atoms with Gasteiger partial charge in [0.1, 0.15) is 5.82 Å². The third-order valence-corrected chi connectivity index (χ3v) is 7.81. The molecule has 2 aromatic carbocycles. The van der Waals surface area contributed by atoms with E-state index in [1.54, 1.807) is 6.07 Å². The van der Waals surface area contributed by atoms with Crippen molar-refractivity contribution < 1.29 is 4.39 Å². The summed E-state index contributed by atoms with van der Waals surface area (Å²) < 4.78 is 14.9. The Labute approximate surface area is 180 Å². The average molecular weight is 413 g/mol. The van der Waals surface area contributed by atoms with Gasteiger partial charge >= 0.3 is 0 Å². The van der Waals surface area contributed by atoms with Crippen LogP contribution in [0.1, 0.15) is 82.6 Å². The largest absolute Gasteiger partial charge is 0.206 e. The van der Waals surface area contributed by atoms with Crippen molar-refractivity contribution in [3.05, 3.63) is 58.9 Å². The minimum absolute atomic E-state index is 0.105. The van der Waals surface area contributed by atoms with E-state index < -0.39 is 0 Å². The Morgan fingerprint density at radius 1 is 0.897 bits per heavy atom. The van der Waals surface area contributed by atoms with Gasteiger partial charge in [0.05, 0.1) is 0 Å². The predicted molar refractivity (Wildman–Crippen MR) is 122 cm³/mol. The van der Waals surface area contributed by atoms with Crippen LogP contribution in [0.15, 0.2) is 42.5 Å². The molecule has 2 fully saturated rings. The van der Waals surface area contributed by atoms with Crippen LogP contribution in [0.5, 0.6) is 0 Å². The van der Waals surface area contributed by atoms with Gasteiger partial charge in [0.15, 0.2) is 0 Å². The Morgan fingerprint density at radius 2 is 1.66 bits per heavy atom. The third kappa shape index (κ3) is 5.05. The maximum absolute atomic E-state index is 14.9. The second kappa shape index (κ2) is 9.65. The highest BCUT2D eigenvalue weighted by atomic mass is 35.5.